The average molecular weight is 324 g/mol. The van der Waals surface area contributed by atoms with Crippen molar-refractivity contribution in [3.63, 3.8) is 0 Å². The normalized spacial score (nSPS) is 12.6. The summed E-state index contributed by atoms with van der Waals surface area (Å²) >= 11 is 1.65. The minimum atomic E-state index is 0.290. The SMILES string of the molecule is CCCc1cc(-c2nc(-c3ccc4c(c3)OCO4)cs2)ccn1. The lowest BCUT2D eigenvalue weighted by Gasteiger charge is -2.01. The van der Waals surface area contributed by atoms with Crippen LogP contribution in [-0.4, -0.2) is 16.8 Å². The number of nitrogens with zero attached hydrogens (tertiary/aromatic N) is 2. The molecule has 4 nitrogen and oxygen atoms in total. The predicted octanol–water partition coefficient (Wildman–Crippen LogP) is 4.55. The fourth-order valence-electron chi connectivity index (χ4n) is 2.60. The van der Waals surface area contributed by atoms with Crippen LogP contribution in [0.3, 0.4) is 0 Å². The second-order valence-electron chi connectivity index (χ2n) is 5.39. The standard InChI is InChI=1S/C18H16N2O2S/c1-2-3-14-8-13(6-7-19-14)18-20-15(10-23-18)12-4-5-16-17(9-12)22-11-21-16/h4-10H,2-3,11H2,1H3. The van der Waals surface area contributed by atoms with E-state index in [1.54, 1.807) is 11.3 Å². The number of hydrogen-bond donors (Lipinski definition) is 0. The van der Waals surface area contributed by atoms with Gasteiger partial charge in [0.2, 0.25) is 6.79 Å². The number of thiazole rings is 1. The number of aromatic nitrogens is 2. The first-order valence-electron chi connectivity index (χ1n) is 7.64. The molecule has 0 amide bonds. The molecule has 1 aromatic carbocycles. The molecular weight excluding hydrogens is 308 g/mol. The first kappa shape index (κ1) is 14.2. The number of hydrogen-bond acceptors (Lipinski definition) is 5. The second kappa shape index (κ2) is 6.01. The summed E-state index contributed by atoms with van der Waals surface area (Å²) in [6.07, 6.45) is 3.95. The van der Waals surface area contributed by atoms with Gasteiger partial charge in [-0.25, -0.2) is 4.98 Å². The van der Waals surface area contributed by atoms with Crippen molar-refractivity contribution < 1.29 is 9.47 Å². The van der Waals surface area contributed by atoms with Gasteiger partial charge in [-0.1, -0.05) is 13.3 Å². The molecule has 1 aliphatic rings. The first-order chi connectivity index (χ1) is 11.3. The third-order valence-electron chi connectivity index (χ3n) is 3.74. The molecule has 0 N–H and O–H groups in total. The van der Waals surface area contributed by atoms with Crippen molar-refractivity contribution in [1.82, 2.24) is 9.97 Å². The van der Waals surface area contributed by atoms with Crippen molar-refractivity contribution >= 4 is 11.3 Å². The highest BCUT2D eigenvalue weighted by molar-refractivity contribution is 7.13. The monoisotopic (exact) mass is 324 g/mol. The number of benzene rings is 1. The molecular formula is C18H16N2O2S. The van der Waals surface area contributed by atoms with Crippen molar-refractivity contribution in [2.24, 2.45) is 0 Å². The van der Waals surface area contributed by atoms with Gasteiger partial charge in [0.05, 0.1) is 5.69 Å². The zero-order chi connectivity index (χ0) is 15.6. The number of rotatable bonds is 4. The Hall–Kier alpha value is -2.40. The van der Waals surface area contributed by atoms with Gasteiger partial charge in [-0.3, -0.25) is 4.98 Å². The molecule has 23 heavy (non-hydrogen) atoms. The van der Waals surface area contributed by atoms with E-state index in [0.717, 1.165) is 51.9 Å². The van der Waals surface area contributed by atoms with Crippen molar-refractivity contribution in [2.45, 2.75) is 19.8 Å². The van der Waals surface area contributed by atoms with Crippen LogP contribution in [0.1, 0.15) is 19.0 Å². The maximum absolute atomic E-state index is 5.44. The Morgan fingerprint density at radius 2 is 2.00 bits per heavy atom. The summed E-state index contributed by atoms with van der Waals surface area (Å²) in [5.74, 6) is 1.58. The van der Waals surface area contributed by atoms with Gasteiger partial charge in [-0.05, 0) is 36.8 Å². The fraction of sp³-hybridized carbons (Fsp3) is 0.222. The molecule has 0 aliphatic carbocycles. The Morgan fingerprint density at radius 1 is 1.09 bits per heavy atom. The number of fused-ring (bicyclic) bond motifs is 1. The Morgan fingerprint density at radius 3 is 2.91 bits per heavy atom. The van der Waals surface area contributed by atoms with E-state index in [1.807, 2.05) is 30.5 Å². The minimum absolute atomic E-state index is 0.290. The van der Waals surface area contributed by atoms with Gasteiger partial charge in [0.1, 0.15) is 5.01 Å². The smallest absolute Gasteiger partial charge is 0.231 e. The summed E-state index contributed by atoms with van der Waals surface area (Å²) in [6.45, 7) is 2.45. The van der Waals surface area contributed by atoms with E-state index in [2.05, 4.69) is 23.4 Å². The fourth-order valence-corrected chi connectivity index (χ4v) is 3.43. The summed E-state index contributed by atoms with van der Waals surface area (Å²) in [5, 5.41) is 3.09. The van der Waals surface area contributed by atoms with Crippen LogP contribution in [0.4, 0.5) is 0 Å². The number of pyridine rings is 1. The van der Waals surface area contributed by atoms with Gasteiger partial charge in [-0.15, -0.1) is 11.3 Å². The number of aryl methyl sites for hydroxylation is 1. The van der Waals surface area contributed by atoms with E-state index in [0.29, 0.717) is 6.79 Å². The van der Waals surface area contributed by atoms with Crippen LogP contribution < -0.4 is 9.47 Å². The zero-order valence-electron chi connectivity index (χ0n) is 12.8. The molecule has 0 saturated heterocycles. The molecule has 1 aliphatic heterocycles. The van der Waals surface area contributed by atoms with Gasteiger partial charge in [0.25, 0.3) is 0 Å². The lowest BCUT2D eigenvalue weighted by molar-refractivity contribution is 0.174. The van der Waals surface area contributed by atoms with Crippen molar-refractivity contribution in [3.8, 4) is 33.3 Å². The topological polar surface area (TPSA) is 44.2 Å². The van der Waals surface area contributed by atoms with Crippen LogP contribution in [0.15, 0.2) is 41.9 Å². The molecule has 5 heteroatoms. The van der Waals surface area contributed by atoms with E-state index in [9.17, 15) is 0 Å². The van der Waals surface area contributed by atoms with Crippen LogP contribution in [0, 0.1) is 0 Å². The predicted molar refractivity (Wildman–Crippen MR) is 90.9 cm³/mol. The summed E-state index contributed by atoms with van der Waals surface area (Å²) < 4.78 is 10.8. The van der Waals surface area contributed by atoms with Gasteiger partial charge >= 0.3 is 0 Å². The molecule has 0 saturated carbocycles. The van der Waals surface area contributed by atoms with Gasteiger partial charge < -0.3 is 9.47 Å². The Kier molecular flexibility index (Phi) is 3.71. The van der Waals surface area contributed by atoms with E-state index < -0.39 is 0 Å². The molecule has 3 aromatic rings. The summed E-state index contributed by atoms with van der Waals surface area (Å²) in [5.41, 5.74) is 4.24. The average Bonchev–Trinajstić information content (AvgIpc) is 3.24. The van der Waals surface area contributed by atoms with Crippen molar-refractivity contribution in [3.05, 3.63) is 47.6 Å². The molecule has 0 bridgehead atoms. The van der Waals surface area contributed by atoms with E-state index in [-0.39, 0.29) is 0 Å². The van der Waals surface area contributed by atoms with Crippen LogP contribution in [0.5, 0.6) is 11.5 Å². The highest BCUT2D eigenvalue weighted by Crippen LogP contribution is 2.37. The van der Waals surface area contributed by atoms with Gasteiger partial charge in [0.15, 0.2) is 11.5 Å². The molecule has 0 radical (unpaired) electrons. The van der Waals surface area contributed by atoms with E-state index >= 15 is 0 Å². The van der Waals surface area contributed by atoms with Gasteiger partial charge in [-0.2, -0.15) is 0 Å². The highest BCUT2D eigenvalue weighted by Gasteiger charge is 2.15. The van der Waals surface area contributed by atoms with E-state index in [4.69, 9.17) is 14.5 Å². The second-order valence-corrected chi connectivity index (χ2v) is 6.25. The summed E-state index contributed by atoms with van der Waals surface area (Å²) in [7, 11) is 0. The number of ether oxygens (including phenoxy) is 2. The lowest BCUT2D eigenvalue weighted by atomic mass is 10.1. The molecule has 0 unspecified atom stereocenters. The molecule has 0 atom stereocenters. The Bertz CT molecular complexity index is 845. The molecule has 116 valence electrons. The maximum Gasteiger partial charge on any atom is 0.231 e. The van der Waals surface area contributed by atoms with Crippen molar-refractivity contribution in [1.29, 1.82) is 0 Å². The Labute approximate surface area is 138 Å². The molecule has 0 spiro atoms. The quantitative estimate of drug-likeness (QED) is 0.706. The van der Waals surface area contributed by atoms with E-state index in [1.165, 1.54) is 0 Å². The maximum atomic E-state index is 5.44. The summed E-state index contributed by atoms with van der Waals surface area (Å²) in [4.78, 5) is 9.18. The lowest BCUT2D eigenvalue weighted by Crippen LogP contribution is -1.92. The third kappa shape index (κ3) is 2.80. The van der Waals surface area contributed by atoms with Crippen LogP contribution in [0.25, 0.3) is 21.8 Å². The highest BCUT2D eigenvalue weighted by atomic mass is 32.1. The molecule has 0 fully saturated rings. The largest absolute Gasteiger partial charge is 0.454 e. The van der Waals surface area contributed by atoms with Crippen LogP contribution >= 0.6 is 11.3 Å². The summed E-state index contributed by atoms with van der Waals surface area (Å²) in [6, 6.07) is 10.1. The first-order valence-corrected chi connectivity index (χ1v) is 8.52. The molecule has 3 heterocycles. The van der Waals surface area contributed by atoms with Crippen LogP contribution in [0.2, 0.25) is 0 Å². The van der Waals surface area contributed by atoms with Crippen molar-refractivity contribution in [2.75, 3.05) is 6.79 Å². The minimum Gasteiger partial charge on any atom is -0.454 e. The molecule has 2 aromatic heterocycles. The van der Waals surface area contributed by atoms with Crippen LogP contribution in [-0.2, 0) is 6.42 Å². The molecule has 4 rings (SSSR count). The zero-order valence-corrected chi connectivity index (χ0v) is 13.6. The Balaban J connectivity index is 1.65. The third-order valence-corrected chi connectivity index (χ3v) is 4.63. The van der Waals surface area contributed by atoms with Gasteiger partial charge in [0, 0.05) is 28.4 Å².